The van der Waals surface area contributed by atoms with Crippen molar-refractivity contribution >= 4 is 35.4 Å². The van der Waals surface area contributed by atoms with E-state index in [0.29, 0.717) is 41.8 Å². The standard InChI is InChI=1S/C23H30ClN5O4/c1-14(13-30)9-27-10-16(11-27)29-5-4-28(12-20(29)23(25)33)22(32)8-26-19-6-17(15-2-3-15)18(24)7-21(19)31/h6-7,13,15-16,20,26,31H,1-5,8-12H2,(H2,25,33). The number of nitrogens with zero attached hydrogens (tertiary/aromatic N) is 3. The van der Waals surface area contributed by atoms with E-state index in [-0.39, 0.29) is 30.8 Å². The minimum absolute atomic E-state index is 0.00355. The number of likely N-dealkylation sites (tertiary alicyclic amines) is 1. The van der Waals surface area contributed by atoms with Gasteiger partial charge >= 0.3 is 0 Å². The van der Waals surface area contributed by atoms with E-state index >= 15 is 0 Å². The van der Waals surface area contributed by atoms with E-state index in [1.54, 1.807) is 4.90 Å². The number of rotatable bonds is 9. The maximum absolute atomic E-state index is 12.8. The van der Waals surface area contributed by atoms with Gasteiger partial charge in [-0.15, -0.1) is 0 Å². The third kappa shape index (κ3) is 5.31. The number of nitrogens with two attached hydrogens (primary N) is 1. The van der Waals surface area contributed by atoms with Gasteiger partial charge in [-0.3, -0.25) is 24.2 Å². The van der Waals surface area contributed by atoms with Crippen LogP contribution in [0, 0.1) is 0 Å². The van der Waals surface area contributed by atoms with Crippen LogP contribution in [0.4, 0.5) is 5.69 Å². The van der Waals surface area contributed by atoms with Gasteiger partial charge in [0.15, 0.2) is 0 Å². The maximum Gasteiger partial charge on any atom is 0.241 e. The average Bonchev–Trinajstić information content (AvgIpc) is 3.59. The summed E-state index contributed by atoms with van der Waals surface area (Å²) in [4.78, 5) is 41.6. The summed E-state index contributed by atoms with van der Waals surface area (Å²) in [7, 11) is 0. The molecule has 33 heavy (non-hydrogen) atoms. The first-order valence-corrected chi connectivity index (χ1v) is 11.6. The second-order valence-electron chi connectivity index (χ2n) is 9.14. The van der Waals surface area contributed by atoms with Gasteiger partial charge in [-0.25, -0.2) is 0 Å². The monoisotopic (exact) mass is 475 g/mol. The normalized spacial score (nSPS) is 22.0. The van der Waals surface area contributed by atoms with Crippen molar-refractivity contribution in [3.63, 3.8) is 0 Å². The molecule has 1 aliphatic carbocycles. The molecule has 0 bridgehead atoms. The minimum atomic E-state index is -0.561. The molecule has 1 atom stereocenters. The molecule has 10 heteroatoms. The van der Waals surface area contributed by atoms with E-state index in [9.17, 15) is 19.5 Å². The Bertz CT molecular complexity index is 960. The number of phenols is 1. The van der Waals surface area contributed by atoms with Crippen LogP contribution < -0.4 is 11.1 Å². The molecule has 0 aromatic heterocycles. The van der Waals surface area contributed by atoms with Crippen LogP contribution in [0.1, 0.15) is 24.3 Å². The van der Waals surface area contributed by atoms with Crippen LogP contribution in [-0.2, 0) is 14.4 Å². The highest BCUT2D eigenvalue weighted by atomic mass is 35.5. The first-order valence-electron chi connectivity index (χ1n) is 11.2. The largest absolute Gasteiger partial charge is 0.506 e. The lowest BCUT2D eigenvalue weighted by atomic mass is 10.0. The number of piperazine rings is 1. The molecular weight excluding hydrogens is 446 g/mol. The molecule has 9 nitrogen and oxygen atoms in total. The van der Waals surface area contributed by atoms with Gasteiger partial charge in [-0.1, -0.05) is 18.2 Å². The molecule has 1 aromatic carbocycles. The van der Waals surface area contributed by atoms with Gasteiger partial charge in [-0.2, -0.15) is 0 Å². The summed E-state index contributed by atoms with van der Waals surface area (Å²) in [5.41, 5.74) is 7.66. The number of hydrogen-bond acceptors (Lipinski definition) is 7. The fourth-order valence-corrected chi connectivity index (χ4v) is 4.94. The lowest BCUT2D eigenvalue weighted by Gasteiger charge is -2.50. The molecule has 2 aliphatic heterocycles. The summed E-state index contributed by atoms with van der Waals surface area (Å²) in [6.07, 6.45) is 2.91. The van der Waals surface area contributed by atoms with Crippen LogP contribution in [0.15, 0.2) is 24.3 Å². The van der Waals surface area contributed by atoms with E-state index in [1.165, 1.54) is 6.07 Å². The van der Waals surface area contributed by atoms with E-state index in [1.807, 2.05) is 6.07 Å². The number of amides is 2. The molecule has 3 fully saturated rings. The predicted molar refractivity (Wildman–Crippen MR) is 125 cm³/mol. The Morgan fingerprint density at radius 3 is 2.61 bits per heavy atom. The molecule has 2 saturated heterocycles. The third-order valence-electron chi connectivity index (χ3n) is 6.67. The van der Waals surface area contributed by atoms with Crippen molar-refractivity contribution in [2.45, 2.75) is 30.8 Å². The molecule has 0 spiro atoms. The van der Waals surface area contributed by atoms with Crippen molar-refractivity contribution in [3.05, 3.63) is 34.9 Å². The number of phenolic OH excluding ortho intramolecular Hbond substituents is 1. The topological polar surface area (TPSA) is 119 Å². The van der Waals surface area contributed by atoms with Crippen LogP contribution in [0.2, 0.25) is 5.02 Å². The Morgan fingerprint density at radius 1 is 1.24 bits per heavy atom. The molecule has 0 radical (unpaired) electrons. The first kappa shape index (κ1) is 23.5. The maximum atomic E-state index is 12.8. The van der Waals surface area contributed by atoms with Crippen LogP contribution in [0.5, 0.6) is 5.75 Å². The van der Waals surface area contributed by atoms with Crippen LogP contribution in [0.25, 0.3) is 0 Å². The van der Waals surface area contributed by atoms with Gasteiger partial charge < -0.3 is 21.1 Å². The van der Waals surface area contributed by atoms with Crippen molar-refractivity contribution in [1.82, 2.24) is 14.7 Å². The molecule has 1 saturated carbocycles. The zero-order valence-electron chi connectivity index (χ0n) is 18.5. The third-order valence-corrected chi connectivity index (χ3v) is 6.99. The zero-order chi connectivity index (χ0) is 23.7. The number of aldehydes is 1. The van der Waals surface area contributed by atoms with Crippen molar-refractivity contribution in [3.8, 4) is 5.75 Å². The number of carbonyl (C=O) groups is 3. The number of aromatic hydroxyl groups is 1. The molecule has 3 aliphatic rings. The average molecular weight is 476 g/mol. The lowest BCUT2D eigenvalue weighted by Crippen LogP contribution is -2.69. The smallest absolute Gasteiger partial charge is 0.241 e. The van der Waals surface area contributed by atoms with Gasteiger partial charge in [0.05, 0.1) is 12.2 Å². The van der Waals surface area contributed by atoms with Crippen molar-refractivity contribution in [2.75, 3.05) is 51.1 Å². The first-order chi connectivity index (χ1) is 15.8. The molecule has 1 unspecified atom stereocenters. The molecule has 178 valence electrons. The van der Waals surface area contributed by atoms with Gasteiger partial charge in [0, 0.05) is 56.4 Å². The van der Waals surface area contributed by atoms with Crippen LogP contribution in [-0.4, -0.2) is 95.8 Å². The van der Waals surface area contributed by atoms with E-state index in [0.717, 1.165) is 37.8 Å². The summed E-state index contributed by atoms with van der Waals surface area (Å²) in [5.74, 6) is -0.206. The molecule has 1 aromatic rings. The molecule has 2 amide bonds. The number of hydrogen-bond donors (Lipinski definition) is 3. The van der Waals surface area contributed by atoms with Crippen molar-refractivity contribution in [1.29, 1.82) is 0 Å². The van der Waals surface area contributed by atoms with Gasteiger partial charge in [0.25, 0.3) is 0 Å². The molecular formula is C23H30ClN5O4. The molecule has 4 N–H and O–H groups in total. The Kier molecular flexibility index (Phi) is 6.92. The number of benzene rings is 1. The lowest BCUT2D eigenvalue weighted by molar-refractivity contribution is -0.139. The van der Waals surface area contributed by atoms with Gasteiger partial charge in [0.2, 0.25) is 11.8 Å². The highest BCUT2D eigenvalue weighted by molar-refractivity contribution is 6.31. The summed E-state index contributed by atoms with van der Waals surface area (Å²) < 4.78 is 0. The van der Waals surface area contributed by atoms with Gasteiger partial charge in [-0.05, 0) is 36.0 Å². The van der Waals surface area contributed by atoms with E-state index in [4.69, 9.17) is 17.3 Å². The summed E-state index contributed by atoms with van der Waals surface area (Å²) in [5, 5.41) is 13.8. The predicted octanol–water partition coefficient (Wildman–Crippen LogP) is 0.772. The number of halogens is 1. The number of carbonyl (C=O) groups excluding carboxylic acids is 3. The highest BCUT2D eigenvalue weighted by Gasteiger charge is 2.41. The van der Waals surface area contributed by atoms with Crippen LogP contribution >= 0.6 is 11.6 Å². The Labute approximate surface area is 198 Å². The minimum Gasteiger partial charge on any atom is -0.506 e. The van der Waals surface area contributed by atoms with E-state index in [2.05, 4.69) is 21.7 Å². The summed E-state index contributed by atoms with van der Waals surface area (Å²) >= 11 is 6.23. The Balaban J connectivity index is 1.32. The Morgan fingerprint density at radius 2 is 1.97 bits per heavy atom. The van der Waals surface area contributed by atoms with Crippen LogP contribution in [0.3, 0.4) is 0 Å². The van der Waals surface area contributed by atoms with Crippen molar-refractivity contribution < 1.29 is 19.5 Å². The number of nitrogens with one attached hydrogen (secondary N) is 1. The Hall–Kier alpha value is -2.62. The molecule has 2 heterocycles. The number of anilines is 1. The van der Waals surface area contributed by atoms with E-state index < -0.39 is 11.9 Å². The number of primary amides is 1. The van der Waals surface area contributed by atoms with Crippen molar-refractivity contribution in [2.24, 2.45) is 5.73 Å². The second kappa shape index (κ2) is 9.70. The fourth-order valence-electron chi connectivity index (χ4n) is 4.63. The second-order valence-corrected chi connectivity index (χ2v) is 9.55. The highest BCUT2D eigenvalue weighted by Crippen LogP contribution is 2.45. The quantitative estimate of drug-likeness (QED) is 0.274. The zero-order valence-corrected chi connectivity index (χ0v) is 19.3. The summed E-state index contributed by atoms with van der Waals surface area (Å²) in [6, 6.07) is 2.92. The van der Waals surface area contributed by atoms with Gasteiger partial charge in [0.1, 0.15) is 18.1 Å². The fraction of sp³-hybridized carbons (Fsp3) is 0.522. The summed E-state index contributed by atoms with van der Waals surface area (Å²) in [6.45, 7) is 6.93. The molecule has 4 rings (SSSR count). The SMILES string of the molecule is C=C(C=O)CN1CC(N2CCN(C(=O)CNc3cc(C4CC4)c(Cl)cc3O)CC2C(N)=O)C1.